The molecule has 0 heterocycles. The molecule has 0 aliphatic heterocycles. The van der Waals surface area contributed by atoms with Crippen LogP contribution in [-0.2, 0) is 11.2 Å². The van der Waals surface area contributed by atoms with Crippen LogP contribution in [0.5, 0.6) is 5.75 Å². The fourth-order valence-electron chi connectivity index (χ4n) is 1.36. The number of benzene rings is 1. The van der Waals surface area contributed by atoms with Gasteiger partial charge >= 0.3 is 0 Å². The molecule has 1 atom stereocenters. The van der Waals surface area contributed by atoms with Gasteiger partial charge in [-0.3, -0.25) is 5.32 Å². The van der Waals surface area contributed by atoms with Crippen LogP contribution in [0, 0.1) is 11.3 Å². The molecule has 1 unspecified atom stereocenters. The minimum Gasteiger partial charge on any atom is -0.491 e. The standard InChI is InChI=1S/C14H20N2O2/c1-14(10-15,16-2)11-18-13-6-4-12(5-7-13)8-9-17-3/h4-7,16H,8-9,11H2,1-3H3. The van der Waals surface area contributed by atoms with E-state index in [1.165, 1.54) is 5.56 Å². The molecule has 4 nitrogen and oxygen atoms in total. The van der Waals surface area contributed by atoms with Crippen LogP contribution in [0.2, 0.25) is 0 Å². The topological polar surface area (TPSA) is 54.3 Å². The van der Waals surface area contributed by atoms with Crippen molar-refractivity contribution >= 4 is 0 Å². The Morgan fingerprint density at radius 2 is 2.00 bits per heavy atom. The van der Waals surface area contributed by atoms with Crippen LogP contribution < -0.4 is 10.1 Å². The highest BCUT2D eigenvalue weighted by Gasteiger charge is 2.21. The summed E-state index contributed by atoms with van der Waals surface area (Å²) < 4.78 is 10.6. The number of hydrogen-bond acceptors (Lipinski definition) is 4. The molecule has 18 heavy (non-hydrogen) atoms. The Labute approximate surface area is 109 Å². The quantitative estimate of drug-likeness (QED) is 0.799. The van der Waals surface area contributed by atoms with Gasteiger partial charge in [-0.2, -0.15) is 5.26 Å². The Morgan fingerprint density at radius 1 is 1.33 bits per heavy atom. The van der Waals surface area contributed by atoms with E-state index in [0.29, 0.717) is 13.2 Å². The summed E-state index contributed by atoms with van der Waals surface area (Å²) in [6.45, 7) is 2.84. The van der Waals surface area contributed by atoms with E-state index in [9.17, 15) is 0 Å². The van der Waals surface area contributed by atoms with Crippen molar-refractivity contribution in [2.75, 3.05) is 27.4 Å². The van der Waals surface area contributed by atoms with E-state index >= 15 is 0 Å². The predicted octanol–water partition coefficient (Wildman–Crippen LogP) is 1.76. The molecule has 4 heteroatoms. The van der Waals surface area contributed by atoms with E-state index in [-0.39, 0.29) is 0 Å². The van der Waals surface area contributed by atoms with Crippen molar-refractivity contribution in [3.63, 3.8) is 0 Å². The maximum absolute atomic E-state index is 9.00. The molecule has 1 aromatic carbocycles. The Morgan fingerprint density at radius 3 is 2.50 bits per heavy atom. The normalized spacial score (nSPS) is 13.7. The molecule has 98 valence electrons. The highest BCUT2D eigenvalue weighted by molar-refractivity contribution is 5.27. The fourth-order valence-corrected chi connectivity index (χ4v) is 1.36. The highest BCUT2D eigenvalue weighted by Crippen LogP contribution is 2.14. The van der Waals surface area contributed by atoms with Gasteiger partial charge in [0.1, 0.15) is 17.9 Å². The lowest BCUT2D eigenvalue weighted by Gasteiger charge is -2.20. The average molecular weight is 248 g/mol. The van der Waals surface area contributed by atoms with E-state index in [0.717, 1.165) is 12.2 Å². The van der Waals surface area contributed by atoms with Crippen molar-refractivity contribution in [1.29, 1.82) is 5.26 Å². The summed E-state index contributed by atoms with van der Waals surface area (Å²) in [7, 11) is 3.44. The zero-order valence-corrected chi connectivity index (χ0v) is 11.2. The van der Waals surface area contributed by atoms with Gasteiger partial charge in [0.15, 0.2) is 0 Å². The maximum Gasteiger partial charge on any atom is 0.137 e. The number of hydrogen-bond donors (Lipinski definition) is 1. The van der Waals surface area contributed by atoms with Gasteiger partial charge in [-0.1, -0.05) is 12.1 Å². The highest BCUT2D eigenvalue weighted by atomic mass is 16.5. The van der Waals surface area contributed by atoms with E-state index in [1.54, 1.807) is 21.1 Å². The number of methoxy groups -OCH3 is 1. The smallest absolute Gasteiger partial charge is 0.137 e. The average Bonchev–Trinajstić information content (AvgIpc) is 2.43. The van der Waals surface area contributed by atoms with Crippen molar-refractivity contribution in [3.8, 4) is 11.8 Å². The molecule has 1 N–H and O–H groups in total. The van der Waals surface area contributed by atoms with Crippen molar-refractivity contribution in [3.05, 3.63) is 29.8 Å². The first-order valence-corrected chi connectivity index (χ1v) is 5.94. The second-order valence-electron chi connectivity index (χ2n) is 4.37. The SMILES string of the molecule is CNC(C)(C#N)COc1ccc(CCOC)cc1. The Balaban J connectivity index is 2.51. The summed E-state index contributed by atoms with van der Waals surface area (Å²) in [5.41, 5.74) is 0.551. The zero-order valence-electron chi connectivity index (χ0n) is 11.2. The van der Waals surface area contributed by atoms with Gasteiger partial charge < -0.3 is 9.47 Å². The van der Waals surface area contributed by atoms with Crippen LogP contribution in [0.4, 0.5) is 0 Å². The lowest BCUT2D eigenvalue weighted by Crippen LogP contribution is -2.43. The molecule has 0 spiro atoms. The van der Waals surface area contributed by atoms with Crippen molar-refractivity contribution in [2.45, 2.75) is 18.9 Å². The first-order valence-electron chi connectivity index (χ1n) is 5.94. The molecule has 0 bridgehead atoms. The van der Waals surface area contributed by atoms with E-state index < -0.39 is 5.54 Å². The van der Waals surface area contributed by atoms with Gasteiger partial charge in [0, 0.05) is 7.11 Å². The molecular weight excluding hydrogens is 228 g/mol. The van der Waals surface area contributed by atoms with Gasteiger partial charge in [-0.15, -0.1) is 0 Å². The summed E-state index contributed by atoms with van der Waals surface area (Å²) in [4.78, 5) is 0. The van der Waals surface area contributed by atoms with Crippen LogP contribution >= 0.6 is 0 Å². The minimum atomic E-state index is -0.658. The second-order valence-corrected chi connectivity index (χ2v) is 4.37. The molecular formula is C14H20N2O2. The van der Waals surface area contributed by atoms with Crippen molar-refractivity contribution in [2.24, 2.45) is 0 Å². The van der Waals surface area contributed by atoms with E-state index in [1.807, 2.05) is 24.3 Å². The lowest BCUT2D eigenvalue weighted by molar-refractivity contribution is 0.202. The van der Waals surface area contributed by atoms with Crippen LogP contribution in [0.1, 0.15) is 12.5 Å². The zero-order chi connectivity index (χ0) is 13.4. The van der Waals surface area contributed by atoms with Crippen LogP contribution in [-0.4, -0.2) is 32.9 Å². The van der Waals surface area contributed by atoms with E-state index in [2.05, 4.69) is 11.4 Å². The Hall–Kier alpha value is -1.57. The van der Waals surface area contributed by atoms with Gasteiger partial charge in [-0.25, -0.2) is 0 Å². The first-order chi connectivity index (χ1) is 8.63. The summed E-state index contributed by atoms with van der Waals surface area (Å²) in [5.74, 6) is 0.771. The molecule has 0 aliphatic carbocycles. The predicted molar refractivity (Wildman–Crippen MR) is 70.6 cm³/mol. The van der Waals surface area contributed by atoms with Crippen LogP contribution in [0.3, 0.4) is 0 Å². The molecule has 0 saturated heterocycles. The summed E-state index contributed by atoms with van der Waals surface area (Å²) in [6.07, 6.45) is 0.892. The minimum absolute atomic E-state index is 0.317. The van der Waals surface area contributed by atoms with Gasteiger partial charge in [0.05, 0.1) is 12.7 Å². The molecule has 1 aromatic rings. The van der Waals surface area contributed by atoms with Crippen molar-refractivity contribution in [1.82, 2.24) is 5.32 Å². The number of nitriles is 1. The number of likely N-dealkylation sites (N-methyl/N-ethyl adjacent to an activating group) is 1. The molecule has 0 fully saturated rings. The van der Waals surface area contributed by atoms with Gasteiger partial charge in [0.25, 0.3) is 0 Å². The van der Waals surface area contributed by atoms with Crippen LogP contribution in [0.15, 0.2) is 24.3 Å². The maximum atomic E-state index is 9.00. The molecule has 0 aromatic heterocycles. The third-order valence-electron chi connectivity index (χ3n) is 2.84. The fraction of sp³-hybridized carbons (Fsp3) is 0.500. The molecule has 0 radical (unpaired) electrons. The molecule has 0 aliphatic rings. The van der Waals surface area contributed by atoms with E-state index in [4.69, 9.17) is 14.7 Å². The number of nitrogens with one attached hydrogen (secondary N) is 1. The first kappa shape index (κ1) is 14.5. The van der Waals surface area contributed by atoms with Crippen LogP contribution in [0.25, 0.3) is 0 Å². The second kappa shape index (κ2) is 7.00. The monoisotopic (exact) mass is 248 g/mol. The number of ether oxygens (including phenoxy) is 2. The summed E-state index contributed by atoms with van der Waals surface area (Å²) >= 11 is 0. The Kier molecular flexibility index (Phi) is 5.63. The number of nitrogens with zero attached hydrogens (tertiary/aromatic N) is 1. The molecule has 1 rings (SSSR count). The lowest BCUT2D eigenvalue weighted by atomic mass is 10.1. The Bertz CT molecular complexity index is 397. The van der Waals surface area contributed by atoms with Gasteiger partial charge in [-0.05, 0) is 38.1 Å². The number of rotatable bonds is 7. The van der Waals surface area contributed by atoms with Crippen molar-refractivity contribution < 1.29 is 9.47 Å². The van der Waals surface area contributed by atoms with Gasteiger partial charge in [0.2, 0.25) is 0 Å². The molecule has 0 amide bonds. The third kappa shape index (κ3) is 4.36. The molecule has 0 saturated carbocycles. The third-order valence-corrected chi connectivity index (χ3v) is 2.84. The summed E-state index contributed by atoms with van der Waals surface area (Å²) in [6, 6.07) is 10.0. The summed E-state index contributed by atoms with van der Waals surface area (Å²) in [5, 5.41) is 11.9. The largest absolute Gasteiger partial charge is 0.491 e.